The lowest BCUT2D eigenvalue weighted by atomic mass is 9.65. The van der Waals surface area contributed by atoms with Crippen molar-refractivity contribution in [3.8, 4) is 22.3 Å². The van der Waals surface area contributed by atoms with Gasteiger partial charge in [0, 0.05) is 39.3 Å². The van der Waals surface area contributed by atoms with Gasteiger partial charge in [-0.05, 0) is 93.2 Å². The molecule has 2 heteroatoms. The average molecular weight is 818 g/mol. The van der Waals surface area contributed by atoms with Crippen molar-refractivity contribution >= 4 is 39.0 Å². The van der Waals surface area contributed by atoms with Gasteiger partial charge in [0.15, 0.2) is 0 Å². The van der Waals surface area contributed by atoms with Crippen LogP contribution in [0.15, 0.2) is 247 Å². The molecule has 0 N–H and O–H groups in total. The van der Waals surface area contributed by atoms with Crippen LogP contribution in [0.4, 0.5) is 17.1 Å². The molecular formula is C62H43NO. The van der Waals surface area contributed by atoms with Gasteiger partial charge < -0.3 is 9.32 Å². The summed E-state index contributed by atoms with van der Waals surface area (Å²) < 4.78 is 7.31. The molecule has 10 aromatic rings. The molecule has 0 saturated heterocycles. The van der Waals surface area contributed by atoms with Crippen molar-refractivity contribution in [3.63, 3.8) is 0 Å². The summed E-state index contributed by atoms with van der Waals surface area (Å²) >= 11 is 0. The lowest BCUT2D eigenvalue weighted by molar-refractivity contribution is 0.648. The summed E-state index contributed by atoms with van der Waals surface area (Å²) in [6.45, 7) is 0. The van der Waals surface area contributed by atoms with Gasteiger partial charge in [0.2, 0.25) is 0 Å². The first kappa shape index (κ1) is 36.7. The second kappa shape index (κ2) is 14.3. The van der Waals surface area contributed by atoms with E-state index in [2.05, 4.69) is 242 Å². The predicted octanol–water partition coefficient (Wildman–Crippen LogP) is 16.0. The Balaban J connectivity index is 1.05. The SMILES string of the molecule is C1=CCCC(C2(c3ccccc3)c3ccccc3-c3c(N(c4ccccc4)c4ccc5c(c4)oc4c(C6(c7ccccc7)c7ccccc7-c7ccccc76)cccc45)cccc32)=C1. The average Bonchev–Trinajstić information content (AvgIpc) is 4.01. The summed E-state index contributed by atoms with van der Waals surface area (Å²) in [5.41, 5.74) is 19.4. The number of rotatable bonds is 7. The van der Waals surface area contributed by atoms with E-state index in [1.807, 2.05) is 0 Å². The summed E-state index contributed by atoms with van der Waals surface area (Å²) in [6.07, 6.45) is 8.95. The predicted molar refractivity (Wildman–Crippen MR) is 264 cm³/mol. The molecule has 0 radical (unpaired) electrons. The Morgan fingerprint density at radius 3 is 1.66 bits per heavy atom. The highest BCUT2D eigenvalue weighted by molar-refractivity contribution is 6.09. The number of benzene rings is 9. The van der Waals surface area contributed by atoms with E-state index >= 15 is 0 Å². The fourth-order valence-electron chi connectivity index (χ4n) is 11.8. The third kappa shape index (κ3) is 5.02. The van der Waals surface area contributed by atoms with Crippen LogP contribution in [0.3, 0.4) is 0 Å². The van der Waals surface area contributed by atoms with Crippen LogP contribution < -0.4 is 4.90 Å². The summed E-state index contributed by atoms with van der Waals surface area (Å²) in [4.78, 5) is 2.44. The number of nitrogens with zero attached hydrogens (tertiary/aromatic N) is 1. The fraction of sp³-hybridized carbons (Fsp3) is 0.0645. The number of hydrogen-bond donors (Lipinski definition) is 0. The van der Waals surface area contributed by atoms with Gasteiger partial charge in [-0.3, -0.25) is 0 Å². The first-order chi connectivity index (χ1) is 31.8. The molecule has 302 valence electrons. The molecule has 1 aromatic heterocycles. The molecule has 1 atom stereocenters. The standard InChI is InChI=1S/C62H43NO/c1-5-21-42(22-6-1)61(43-23-7-2-8-24-43)54-35-18-15-31-51(54)59-55(61)36-20-38-57(59)63(45-27-11-4-12-28-45)46-39-40-49-50-32-19-37-56(60(50)64-58(49)41-46)62(44-25-9-3-10-26-44)52-33-16-13-29-47(52)48-30-14-17-34-53(48)62/h1-7,9-23,25-41H,8,24H2. The zero-order chi connectivity index (χ0) is 42.2. The van der Waals surface area contributed by atoms with E-state index in [-0.39, 0.29) is 0 Å². The molecule has 1 heterocycles. The van der Waals surface area contributed by atoms with E-state index in [1.54, 1.807) is 0 Å². The van der Waals surface area contributed by atoms with Gasteiger partial charge in [-0.15, -0.1) is 0 Å². The smallest absolute Gasteiger partial charge is 0.140 e. The number of para-hydroxylation sites is 2. The highest BCUT2D eigenvalue weighted by Gasteiger charge is 2.49. The molecule has 0 spiro atoms. The van der Waals surface area contributed by atoms with Crippen molar-refractivity contribution < 1.29 is 4.42 Å². The van der Waals surface area contributed by atoms with Crippen molar-refractivity contribution in [2.75, 3.05) is 4.90 Å². The van der Waals surface area contributed by atoms with Gasteiger partial charge in [0.05, 0.1) is 16.5 Å². The van der Waals surface area contributed by atoms with Crippen LogP contribution in [0.1, 0.15) is 51.8 Å². The Morgan fingerprint density at radius 1 is 0.422 bits per heavy atom. The third-order valence-electron chi connectivity index (χ3n) is 14.3. The van der Waals surface area contributed by atoms with Gasteiger partial charge in [0.25, 0.3) is 0 Å². The van der Waals surface area contributed by atoms with Crippen LogP contribution in [-0.2, 0) is 10.8 Å². The van der Waals surface area contributed by atoms with E-state index in [9.17, 15) is 0 Å². The van der Waals surface area contributed by atoms with Crippen molar-refractivity contribution in [1.29, 1.82) is 0 Å². The first-order valence-corrected chi connectivity index (χ1v) is 22.5. The number of hydrogen-bond acceptors (Lipinski definition) is 2. The quantitative estimate of drug-likeness (QED) is 0.159. The van der Waals surface area contributed by atoms with Crippen molar-refractivity contribution in [2.45, 2.75) is 23.7 Å². The minimum absolute atomic E-state index is 0.429. The van der Waals surface area contributed by atoms with Crippen molar-refractivity contribution in [2.24, 2.45) is 0 Å². The summed E-state index contributed by atoms with van der Waals surface area (Å²) in [5, 5.41) is 2.21. The van der Waals surface area contributed by atoms with E-state index < -0.39 is 10.8 Å². The van der Waals surface area contributed by atoms with E-state index in [1.165, 1.54) is 61.2 Å². The fourth-order valence-corrected chi connectivity index (χ4v) is 11.8. The lowest BCUT2D eigenvalue weighted by Gasteiger charge is -2.37. The first-order valence-electron chi connectivity index (χ1n) is 22.5. The van der Waals surface area contributed by atoms with Gasteiger partial charge in [0.1, 0.15) is 11.2 Å². The van der Waals surface area contributed by atoms with Crippen LogP contribution in [0.2, 0.25) is 0 Å². The Hall–Kier alpha value is -7.94. The van der Waals surface area contributed by atoms with Crippen LogP contribution in [0, 0.1) is 0 Å². The molecular weight excluding hydrogens is 775 g/mol. The topological polar surface area (TPSA) is 16.4 Å². The van der Waals surface area contributed by atoms with E-state index in [4.69, 9.17) is 4.42 Å². The summed E-state index contributed by atoms with van der Waals surface area (Å²) in [5.74, 6) is 0. The zero-order valence-corrected chi connectivity index (χ0v) is 35.3. The molecule has 0 bridgehead atoms. The van der Waals surface area contributed by atoms with Gasteiger partial charge in [-0.25, -0.2) is 0 Å². The Kier molecular flexibility index (Phi) is 8.20. The number of allylic oxidation sites excluding steroid dienone is 4. The van der Waals surface area contributed by atoms with Crippen molar-refractivity contribution in [3.05, 3.63) is 281 Å². The van der Waals surface area contributed by atoms with Crippen molar-refractivity contribution in [1.82, 2.24) is 0 Å². The largest absolute Gasteiger partial charge is 0.456 e. The minimum atomic E-state index is -0.576. The lowest BCUT2D eigenvalue weighted by Crippen LogP contribution is -2.30. The molecule has 13 rings (SSSR count). The maximum Gasteiger partial charge on any atom is 0.140 e. The molecule has 0 amide bonds. The molecule has 1 unspecified atom stereocenters. The van der Waals surface area contributed by atoms with Gasteiger partial charge >= 0.3 is 0 Å². The Labute approximate surface area is 373 Å². The van der Waals surface area contributed by atoms with Crippen LogP contribution in [0.5, 0.6) is 0 Å². The molecule has 3 aliphatic rings. The molecule has 64 heavy (non-hydrogen) atoms. The van der Waals surface area contributed by atoms with E-state index in [0.717, 1.165) is 57.4 Å². The highest BCUT2D eigenvalue weighted by Crippen LogP contribution is 2.61. The maximum absolute atomic E-state index is 7.31. The van der Waals surface area contributed by atoms with Crippen LogP contribution in [-0.4, -0.2) is 0 Å². The van der Waals surface area contributed by atoms with E-state index in [0.29, 0.717) is 0 Å². The summed E-state index contributed by atoms with van der Waals surface area (Å²) in [6, 6.07) is 80.4. The normalized spacial score (nSPS) is 16.5. The monoisotopic (exact) mass is 817 g/mol. The van der Waals surface area contributed by atoms with Gasteiger partial charge in [-0.2, -0.15) is 0 Å². The number of furan rings is 1. The Bertz CT molecular complexity index is 3460. The Morgan fingerprint density at radius 2 is 0.984 bits per heavy atom. The highest BCUT2D eigenvalue weighted by atomic mass is 16.3. The van der Waals surface area contributed by atoms with Gasteiger partial charge in [-0.1, -0.05) is 206 Å². The second-order valence-electron chi connectivity index (χ2n) is 17.4. The molecule has 9 aromatic carbocycles. The van der Waals surface area contributed by atoms with Crippen LogP contribution >= 0.6 is 0 Å². The summed E-state index contributed by atoms with van der Waals surface area (Å²) in [7, 11) is 0. The minimum Gasteiger partial charge on any atom is -0.456 e. The second-order valence-corrected chi connectivity index (χ2v) is 17.4. The number of anilines is 3. The molecule has 0 aliphatic heterocycles. The molecule has 3 aliphatic carbocycles. The molecule has 0 fully saturated rings. The zero-order valence-electron chi connectivity index (χ0n) is 35.3. The third-order valence-corrected chi connectivity index (χ3v) is 14.3. The van der Waals surface area contributed by atoms with Crippen LogP contribution in [0.25, 0.3) is 44.2 Å². The maximum atomic E-state index is 7.31. The molecule has 2 nitrogen and oxygen atoms in total. The number of fused-ring (bicyclic) bond motifs is 9. The molecule has 0 saturated carbocycles.